The van der Waals surface area contributed by atoms with E-state index in [1.165, 1.54) is 12.1 Å². The number of carbonyl (C=O) groups is 1. The van der Waals surface area contributed by atoms with Crippen LogP contribution in [0, 0.1) is 5.82 Å². The van der Waals surface area contributed by atoms with E-state index in [0.717, 1.165) is 31.5 Å². The molecule has 0 spiro atoms. The molecule has 4 rings (SSSR count). The van der Waals surface area contributed by atoms with Gasteiger partial charge in [-0.25, -0.2) is 15.2 Å². The summed E-state index contributed by atoms with van der Waals surface area (Å²) in [5.41, 5.74) is 7.27. The van der Waals surface area contributed by atoms with Gasteiger partial charge in [0.2, 0.25) is 5.91 Å². The van der Waals surface area contributed by atoms with Crippen LogP contribution in [0.15, 0.2) is 42.7 Å². The zero-order valence-electron chi connectivity index (χ0n) is 13.9. The predicted octanol–water partition coefficient (Wildman–Crippen LogP) is 1.62. The van der Waals surface area contributed by atoms with E-state index in [0.29, 0.717) is 6.42 Å². The molecular formula is C18H22FN5O. The van der Waals surface area contributed by atoms with Crippen LogP contribution >= 0.6 is 0 Å². The average Bonchev–Trinajstić information content (AvgIpc) is 3.37. The van der Waals surface area contributed by atoms with Gasteiger partial charge in [0.1, 0.15) is 11.9 Å². The normalized spacial score (nSPS) is 26.3. The van der Waals surface area contributed by atoms with Crippen LogP contribution in [0.3, 0.4) is 0 Å². The average molecular weight is 343 g/mol. The minimum Gasteiger partial charge on any atom is -0.336 e. The zero-order valence-corrected chi connectivity index (χ0v) is 13.9. The number of rotatable bonds is 4. The molecule has 0 aliphatic carbocycles. The SMILES string of the molecule is O=C(C1CC(c2ccc(F)cc2)NN1)N1CCCC1Cn1cccn1. The van der Waals surface area contributed by atoms with Gasteiger partial charge in [-0.1, -0.05) is 12.1 Å². The Bertz CT molecular complexity index is 718. The molecule has 2 saturated heterocycles. The van der Waals surface area contributed by atoms with Crippen LogP contribution in [0.4, 0.5) is 4.39 Å². The monoisotopic (exact) mass is 343 g/mol. The molecule has 25 heavy (non-hydrogen) atoms. The molecule has 1 aromatic carbocycles. The fourth-order valence-corrected chi connectivity index (χ4v) is 3.77. The van der Waals surface area contributed by atoms with Crippen LogP contribution in [-0.4, -0.2) is 39.2 Å². The van der Waals surface area contributed by atoms with Crippen LogP contribution < -0.4 is 10.9 Å². The summed E-state index contributed by atoms with van der Waals surface area (Å²) >= 11 is 0. The molecule has 0 radical (unpaired) electrons. The maximum Gasteiger partial charge on any atom is 0.241 e. The van der Waals surface area contributed by atoms with Crippen LogP contribution in [-0.2, 0) is 11.3 Å². The molecule has 3 unspecified atom stereocenters. The first kappa shape index (κ1) is 16.2. The van der Waals surface area contributed by atoms with E-state index < -0.39 is 0 Å². The highest BCUT2D eigenvalue weighted by atomic mass is 19.1. The van der Waals surface area contributed by atoms with Gasteiger partial charge < -0.3 is 4.90 Å². The highest BCUT2D eigenvalue weighted by Crippen LogP contribution is 2.26. The quantitative estimate of drug-likeness (QED) is 0.886. The molecule has 2 aliphatic heterocycles. The van der Waals surface area contributed by atoms with Gasteiger partial charge >= 0.3 is 0 Å². The summed E-state index contributed by atoms with van der Waals surface area (Å²) in [6.07, 6.45) is 6.39. The first-order chi connectivity index (χ1) is 12.2. The van der Waals surface area contributed by atoms with Crippen LogP contribution in [0.2, 0.25) is 0 Å². The van der Waals surface area contributed by atoms with Crippen molar-refractivity contribution in [3.63, 3.8) is 0 Å². The van der Waals surface area contributed by atoms with E-state index in [2.05, 4.69) is 16.0 Å². The number of nitrogens with one attached hydrogen (secondary N) is 2. The molecule has 2 fully saturated rings. The van der Waals surface area contributed by atoms with Gasteiger partial charge in [0.05, 0.1) is 12.6 Å². The maximum atomic E-state index is 13.1. The zero-order chi connectivity index (χ0) is 17.2. The molecule has 1 aromatic heterocycles. The van der Waals surface area contributed by atoms with Gasteiger partial charge in [-0.3, -0.25) is 9.48 Å². The fourth-order valence-electron chi connectivity index (χ4n) is 3.77. The van der Waals surface area contributed by atoms with Crippen molar-refractivity contribution in [3.05, 3.63) is 54.1 Å². The standard InChI is InChI=1S/C18H22FN5O/c19-14-6-4-13(5-7-14)16-11-17(22-21-16)18(25)24-10-1-3-15(24)12-23-9-2-8-20-23/h2,4-9,15-17,21-22H,1,3,10-12H2. The lowest BCUT2D eigenvalue weighted by Crippen LogP contribution is -2.48. The van der Waals surface area contributed by atoms with Crippen molar-refractivity contribution < 1.29 is 9.18 Å². The van der Waals surface area contributed by atoms with Gasteiger partial charge in [-0.15, -0.1) is 0 Å². The number of halogens is 1. The number of benzene rings is 1. The topological polar surface area (TPSA) is 62.2 Å². The molecule has 2 N–H and O–H groups in total. The van der Waals surface area contributed by atoms with Crippen LogP contribution in [0.5, 0.6) is 0 Å². The first-order valence-corrected chi connectivity index (χ1v) is 8.75. The van der Waals surface area contributed by atoms with Crippen molar-refractivity contribution >= 4 is 5.91 Å². The van der Waals surface area contributed by atoms with Crippen molar-refractivity contribution in [2.24, 2.45) is 0 Å². The summed E-state index contributed by atoms with van der Waals surface area (Å²) in [4.78, 5) is 14.9. The van der Waals surface area contributed by atoms with Gasteiger partial charge in [0, 0.05) is 25.0 Å². The lowest BCUT2D eigenvalue weighted by atomic mass is 10.0. The Morgan fingerprint density at radius 1 is 1.28 bits per heavy atom. The van der Waals surface area contributed by atoms with Gasteiger partial charge in [-0.05, 0) is 43.0 Å². The number of nitrogens with zero attached hydrogens (tertiary/aromatic N) is 3. The fraction of sp³-hybridized carbons (Fsp3) is 0.444. The Morgan fingerprint density at radius 2 is 2.12 bits per heavy atom. The summed E-state index contributed by atoms with van der Waals surface area (Å²) in [5.74, 6) is -0.118. The number of hydrogen-bond donors (Lipinski definition) is 2. The molecule has 3 heterocycles. The summed E-state index contributed by atoms with van der Waals surface area (Å²) in [5, 5.41) is 4.25. The number of likely N-dealkylation sites (tertiary alicyclic amines) is 1. The maximum absolute atomic E-state index is 13.1. The summed E-state index contributed by atoms with van der Waals surface area (Å²) in [6, 6.07) is 8.28. The third kappa shape index (κ3) is 3.43. The van der Waals surface area contributed by atoms with Crippen molar-refractivity contribution in [2.75, 3.05) is 6.54 Å². The minimum atomic E-state index is -0.256. The number of aromatic nitrogens is 2. The molecule has 132 valence electrons. The van der Waals surface area contributed by atoms with Crippen LogP contribution in [0.1, 0.15) is 30.9 Å². The van der Waals surface area contributed by atoms with Gasteiger partial charge in [-0.2, -0.15) is 5.10 Å². The molecule has 3 atom stereocenters. The molecule has 7 heteroatoms. The lowest BCUT2D eigenvalue weighted by Gasteiger charge is -2.27. The highest BCUT2D eigenvalue weighted by Gasteiger charge is 2.37. The predicted molar refractivity (Wildman–Crippen MR) is 90.8 cm³/mol. The molecule has 2 aliphatic rings. The van der Waals surface area contributed by atoms with Crippen molar-refractivity contribution in [1.82, 2.24) is 25.5 Å². The Morgan fingerprint density at radius 3 is 2.88 bits per heavy atom. The summed E-state index contributed by atoms with van der Waals surface area (Å²) in [6.45, 7) is 1.53. The Labute approximate surface area is 146 Å². The van der Waals surface area contributed by atoms with E-state index in [1.54, 1.807) is 18.3 Å². The molecule has 2 aromatic rings. The number of amides is 1. The molecule has 6 nitrogen and oxygen atoms in total. The lowest BCUT2D eigenvalue weighted by molar-refractivity contribution is -0.134. The smallest absolute Gasteiger partial charge is 0.241 e. The van der Waals surface area contributed by atoms with Crippen molar-refractivity contribution in [3.8, 4) is 0 Å². The third-order valence-electron chi connectivity index (χ3n) is 5.09. The number of hydrazine groups is 1. The second-order valence-electron chi connectivity index (χ2n) is 6.74. The molecule has 0 saturated carbocycles. The van der Waals surface area contributed by atoms with E-state index in [1.807, 2.05) is 21.8 Å². The Kier molecular flexibility index (Phi) is 4.50. The highest BCUT2D eigenvalue weighted by molar-refractivity contribution is 5.82. The van der Waals surface area contributed by atoms with E-state index in [4.69, 9.17) is 0 Å². The molecule has 0 bridgehead atoms. The van der Waals surface area contributed by atoms with Gasteiger partial charge in [0.15, 0.2) is 0 Å². The van der Waals surface area contributed by atoms with E-state index in [9.17, 15) is 9.18 Å². The largest absolute Gasteiger partial charge is 0.336 e. The van der Waals surface area contributed by atoms with Crippen molar-refractivity contribution in [2.45, 2.75) is 43.9 Å². The Balaban J connectivity index is 1.40. The molecule has 1 amide bonds. The molecular weight excluding hydrogens is 321 g/mol. The second kappa shape index (κ2) is 6.93. The summed E-state index contributed by atoms with van der Waals surface area (Å²) < 4.78 is 15.0. The number of carbonyl (C=O) groups excluding carboxylic acids is 1. The second-order valence-corrected chi connectivity index (χ2v) is 6.74. The third-order valence-corrected chi connectivity index (χ3v) is 5.09. The summed E-state index contributed by atoms with van der Waals surface area (Å²) in [7, 11) is 0. The van der Waals surface area contributed by atoms with E-state index >= 15 is 0 Å². The minimum absolute atomic E-state index is 0.0155. The van der Waals surface area contributed by atoms with Gasteiger partial charge in [0.25, 0.3) is 0 Å². The number of hydrogen-bond acceptors (Lipinski definition) is 4. The van der Waals surface area contributed by atoms with Crippen LogP contribution in [0.25, 0.3) is 0 Å². The Hall–Kier alpha value is -2.25. The van der Waals surface area contributed by atoms with E-state index in [-0.39, 0.29) is 29.8 Å². The van der Waals surface area contributed by atoms with Crippen molar-refractivity contribution in [1.29, 1.82) is 0 Å². The first-order valence-electron chi connectivity index (χ1n) is 8.75.